The molecule has 0 spiro atoms. The molecular weight excluding hydrogens is 460 g/mol. The van der Waals surface area contributed by atoms with Gasteiger partial charge in [-0.15, -0.1) is 0 Å². The highest BCUT2D eigenvalue weighted by Gasteiger charge is 2.32. The molecule has 8 nitrogen and oxygen atoms in total. The molecule has 1 aliphatic rings. The van der Waals surface area contributed by atoms with Gasteiger partial charge in [-0.3, -0.25) is 0 Å². The van der Waals surface area contributed by atoms with E-state index in [4.69, 9.17) is 29.4 Å². The van der Waals surface area contributed by atoms with E-state index < -0.39 is 11.9 Å². The fourth-order valence-electron chi connectivity index (χ4n) is 3.95. The zero-order chi connectivity index (χ0) is 25.7. The van der Waals surface area contributed by atoms with Crippen LogP contribution in [0.3, 0.4) is 0 Å². The minimum atomic E-state index is -0.583. The van der Waals surface area contributed by atoms with Crippen LogP contribution in [-0.2, 0) is 0 Å². The van der Waals surface area contributed by atoms with E-state index in [0.717, 1.165) is 5.56 Å². The van der Waals surface area contributed by atoms with Crippen LogP contribution in [0.4, 0.5) is 0 Å². The number of nitrogens with two attached hydrogens (primary N) is 1. The first-order chi connectivity index (χ1) is 17.5. The first kappa shape index (κ1) is 24.2. The molecule has 182 valence electrons. The molecule has 3 aromatic carbocycles. The molecule has 1 atom stereocenters. The molecule has 0 saturated carbocycles. The number of hydrogen-bond acceptors (Lipinski definition) is 8. The van der Waals surface area contributed by atoms with E-state index in [1.807, 2.05) is 6.07 Å². The molecule has 0 fully saturated rings. The zero-order valence-electron chi connectivity index (χ0n) is 19.8. The molecule has 36 heavy (non-hydrogen) atoms. The summed E-state index contributed by atoms with van der Waals surface area (Å²) in [5.74, 6) is 0.922. The number of rotatable bonds is 8. The Kier molecular flexibility index (Phi) is 7.12. The standard InChI is InChI=1S/C28H24N2O6/c1-4-13-34-23-12-9-17(14-25(23)33-3)26-19-11-10-18(15-24(19)36-27(30)21(26)16-29)35-28(31)20-7-5-6-8-22(20)32-2/h4-12,14-15,26H,1,13,30H2,2-3H3. The third kappa shape index (κ3) is 4.68. The van der Waals surface area contributed by atoms with Crippen molar-refractivity contribution in [2.45, 2.75) is 5.92 Å². The normalized spacial score (nSPS) is 14.1. The number of benzene rings is 3. The van der Waals surface area contributed by atoms with Gasteiger partial charge in [-0.2, -0.15) is 5.26 Å². The smallest absolute Gasteiger partial charge is 0.347 e. The number of nitriles is 1. The van der Waals surface area contributed by atoms with Crippen molar-refractivity contribution in [3.63, 3.8) is 0 Å². The second-order valence-electron chi connectivity index (χ2n) is 7.72. The quantitative estimate of drug-likeness (QED) is 0.278. The molecule has 0 aliphatic carbocycles. The van der Waals surface area contributed by atoms with Crippen molar-refractivity contribution in [3.8, 4) is 34.8 Å². The van der Waals surface area contributed by atoms with E-state index >= 15 is 0 Å². The van der Waals surface area contributed by atoms with Gasteiger partial charge in [-0.25, -0.2) is 4.79 Å². The maximum Gasteiger partial charge on any atom is 0.347 e. The van der Waals surface area contributed by atoms with Crippen molar-refractivity contribution in [1.82, 2.24) is 0 Å². The highest BCUT2D eigenvalue weighted by molar-refractivity contribution is 5.94. The fourth-order valence-corrected chi connectivity index (χ4v) is 3.95. The Balaban J connectivity index is 1.70. The largest absolute Gasteiger partial charge is 0.496 e. The number of nitrogens with zero attached hydrogens (tertiary/aromatic N) is 1. The van der Waals surface area contributed by atoms with Crippen LogP contribution in [0, 0.1) is 11.3 Å². The van der Waals surface area contributed by atoms with Gasteiger partial charge in [0.15, 0.2) is 11.5 Å². The first-order valence-corrected chi connectivity index (χ1v) is 11.0. The van der Waals surface area contributed by atoms with Crippen LogP contribution in [0.5, 0.6) is 28.7 Å². The Labute approximate surface area is 208 Å². The minimum Gasteiger partial charge on any atom is -0.496 e. The van der Waals surface area contributed by atoms with Crippen LogP contribution in [0.25, 0.3) is 0 Å². The van der Waals surface area contributed by atoms with Gasteiger partial charge in [0.1, 0.15) is 41.1 Å². The Hall–Kier alpha value is -4.90. The van der Waals surface area contributed by atoms with Gasteiger partial charge in [0.05, 0.1) is 20.1 Å². The second kappa shape index (κ2) is 10.6. The maximum atomic E-state index is 12.7. The molecule has 0 bridgehead atoms. The van der Waals surface area contributed by atoms with E-state index in [0.29, 0.717) is 35.2 Å². The molecule has 0 amide bonds. The number of fused-ring (bicyclic) bond motifs is 1. The summed E-state index contributed by atoms with van der Waals surface area (Å²) < 4.78 is 27.7. The maximum absolute atomic E-state index is 12.7. The Bertz CT molecular complexity index is 1390. The lowest BCUT2D eigenvalue weighted by molar-refractivity contribution is 0.0731. The number of carbonyl (C=O) groups is 1. The molecule has 2 N–H and O–H groups in total. The van der Waals surface area contributed by atoms with E-state index in [1.54, 1.807) is 60.7 Å². The number of methoxy groups -OCH3 is 2. The summed E-state index contributed by atoms with van der Waals surface area (Å²) in [6.45, 7) is 3.98. The van der Waals surface area contributed by atoms with Gasteiger partial charge in [-0.1, -0.05) is 36.9 Å². The van der Waals surface area contributed by atoms with Gasteiger partial charge in [0.2, 0.25) is 5.88 Å². The van der Waals surface area contributed by atoms with Gasteiger partial charge in [-0.05, 0) is 35.9 Å². The van der Waals surface area contributed by atoms with E-state index in [-0.39, 0.29) is 22.8 Å². The molecule has 0 radical (unpaired) electrons. The molecule has 0 saturated heterocycles. The average molecular weight is 485 g/mol. The predicted molar refractivity (Wildman–Crippen MR) is 132 cm³/mol. The molecule has 1 heterocycles. The molecule has 8 heteroatoms. The lowest BCUT2D eigenvalue weighted by Gasteiger charge is -2.27. The highest BCUT2D eigenvalue weighted by Crippen LogP contribution is 2.45. The van der Waals surface area contributed by atoms with E-state index in [2.05, 4.69) is 12.6 Å². The molecule has 0 aromatic heterocycles. The van der Waals surface area contributed by atoms with Crippen molar-refractivity contribution >= 4 is 5.97 Å². The van der Waals surface area contributed by atoms with Crippen molar-refractivity contribution in [2.24, 2.45) is 5.73 Å². The summed E-state index contributed by atoms with van der Waals surface area (Å²) in [5, 5.41) is 9.85. The summed E-state index contributed by atoms with van der Waals surface area (Å²) in [7, 11) is 3.02. The summed E-state index contributed by atoms with van der Waals surface area (Å²) in [5.41, 5.74) is 8.09. The van der Waals surface area contributed by atoms with Crippen molar-refractivity contribution in [3.05, 3.63) is 101 Å². The van der Waals surface area contributed by atoms with Crippen LogP contribution in [0.15, 0.2) is 84.8 Å². The summed E-state index contributed by atoms with van der Waals surface area (Å²) >= 11 is 0. The van der Waals surface area contributed by atoms with Gasteiger partial charge >= 0.3 is 5.97 Å². The SMILES string of the molecule is C=CCOc1ccc(C2C(C#N)=C(N)Oc3cc(OC(=O)c4ccccc4OC)ccc32)cc1OC. The molecule has 4 rings (SSSR count). The van der Waals surface area contributed by atoms with E-state index in [9.17, 15) is 10.1 Å². The molecule has 3 aromatic rings. The van der Waals surface area contributed by atoms with E-state index in [1.165, 1.54) is 14.2 Å². The third-order valence-corrected chi connectivity index (χ3v) is 5.61. The first-order valence-electron chi connectivity index (χ1n) is 11.0. The van der Waals surface area contributed by atoms with Gasteiger partial charge < -0.3 is 29.4 Å². The number of carbonyl (C=O) groups excluding carboxylic acids is 1. The number of esters is 1. The highest BCUT2D eigenvalue weighted by atomic mass is 16.5. The minimum absolute atomic E-state index is 0.0332. The van der Waals surface area contributed by atoms with Crippen LogP contribution in [-0.4, -0.2) is 26.8 Å². The summed E-state index contributed by atoms with van der Waals surface area (Å²) in [6, 6.07) is 19.3. The number of ether oxygens (including phenoxy) is 5. The topological polar surface area (TPSA) is 113 Å². The monoisotopic (exact) mass is 484 g/mol. The lowest BCUT2D eigenvalue weighted by atomic mass is 9.83. The number of hydrogen-bond donors (Lipinski definition) is 1. The average Bonchev–Trinajstić information content (AvgIpc) is 2.90. The Morgan fingerprint density at radius 3 is 2.58 bits per heavy atom. The van der Waals surface area contributed by atoms with Crippen molar-refractivity contribution in [2.75, 3.05) is 20.8 Å². The number of allylic oxidation sites excluding steroid dienone is 1. The zero-order valence-corrected chi connectivity index (χ0v) is 19.8. The molecule has 1 aliphatic heterocycles. The summed E-state index contributed by atoms with van der Waals surface area (Å²) in [4.78, 5) is 12.7. The van der Waals surface area contributed by atoms with Crippen molar-refractivity contribution in [1.29, 1.82) is 5.26 Å². The van der Waals surface area contributed by atoms with Gasteiger partial charge in [0, 0.05) is 11.6 Å². The lowest BCUT2D eigenvalue weighted by Crippen LogP contribution is -2.21. The predicted octanol–water partition coefficient (Wildman–Crippen LogP) is 4.71. The Morgan fingerprint density at radius 2 is 1.86 bits per heavy atom. The Morgan fingerprint density at radius 1 is 1.08 bits per heavy atom. The van der Waals surface area contributed by atoms with Crippen LogP contribution < -0.4 is 29.4 Å². The second-order valence-corrected chi connectivity index (χ2v) is 7.72. The van der Waals surface area contributed by atoms with Crippen LogP contribution in [0.2, 0.25) is 0 Å². The third-order valence-electron chi connectivity index (χ3n) is 5.61. The fraction of sp³-hybridized carbons (Fsp3) is 0.143. The molecular formula is C28H24N2O6. The molecule has 1 unspecified atom stereocenters. The van der Waals surface area contributed by atoms with Gasteiger partial charge in [0.25, 0.3) is 0 Å². The van der Waals surface area contributed by atoms with Crippen molar-refractivity contribution < 1.29 is 28.5 Å². The summed E-state index contributed by atoms with van der Waals surface area (Å²) in [6.07, 6.45) is 1.64. The number of para-hydroxylation sites is 1. The van der Waals surface area contributed by atoms with Crippen LogP contribution >= 0.6 is 0 Å². The van der Waals surface area contributed by atoms with Crippen LogP contribution in [0.1, 0.15) is 27.4 Å².